The van der Waals surface area contributed by atoms with Crippen molar-refractivity contribution < 1.29 is 0 Å². The van der Waals surface area contributed by atoms with Crippen LogP contribution in [-0.4, -0.2) is 0 Å². The second-order valence-electron chi connectivity index (χ2n) is 20.6. The molecule has 0 atom stereocenters. The van der Waals surface area contributed by atoms with Gasteiger partial charge in [-0.3, -0.25) is 0 Å². The Morgan fingerprint density at radius 3 is 1.51 bits per heavy atom. The van der Waals surface area contributed by atoms with Gasteiger partial charge in [0.25, 0.3) is 0 Å². The Morgan fingerprint density at radius 1 is 0.343 bits per heavy atom. The standard InChI is InChI=1S/C69H53N/c1-67(2)59-32-14-11-28-54(59)57-31-19-30-56(66(57)67)52-26-10-9-25-51(52)46-37-39-49(40-38-46)70(50-41-42-55-53-27-12-15-33-60(53)68(63(55)45-50)43-17-18-44-68)64-36-20-35-62-65(64)58-29-13-16-34-61(58)69(62,47-21-5-3-6-22-47)48-23-7-4-8-24-48/h3-16,19-42,45H,17-18,43-44H2,1-2H3. The van der Waals surface area contributed by atoms with Gasteiger partial charge in [0.05, 0.1) is 11.1 Å². The summed E-state index contributed by atoms with van der Waals surface area (Å²) in [5.74, 6) is 0. The molecule has 0 unspecified atom stereocenters. The molecule has 1 spiro atoms. The van der Waals surface area contributed by atoms with Crippen LogP contribution in [-0.2, 0) is 16.2 Å². The van der Waals surface area contributed by atoms with Gasteiger partial charge < -0.3 is 4.90 Å². The zero-order valence-corrected chi connectivity index (χ0v) is 39.8. The van der Waals surface area contributed by atoms with Crippen molar-refractivity contribution in [1.82, 2.24) is 0 Å². The fourth-order valence-electron chi connectivity index (χ4n) is 14.0. The number of hydrogen-bond acceptors (Lipinski definition) is 1. The van der Waals surface area contributed by atoms with Gasteiger partial charge in [0.15, 0.2) is 0 Å². The molecule has 4 aliphatic carbocycles. The van der Waals surface area contributed by atoms with Crippen molar-refractivity contribution in [3.8, 4) is 55.6 Å². The van der Waals surface area contributed by atoms with Gasteiger partial charge >= 0.3 is 0 Å². The predicted octanol–water partition coefficient (Wildman–Crippen LogP) is 18.0. The lowest BCUT2D eigenvalue weighted by Gasteiger charge is -2.34. The molecule has 1 fully saturated rings. The minimum absolute atomic E-state index is 0.0374. The molecule has 1 heteroatoms. The quantitative estimate of drug-likeness (QED) is 0.154. The molecule has 0 aromatic heterocycles. The second-order valence-corrected chi connectivity index (χ2v) is 20.6. The highest BCUT2D eigenvalue weighted by molar-refractivity contribution is 5.99. The third-order valence-electron chi connectivity index (χ3n) is 16.9. The lowest BCUT2D eigenvalue weighted by molar-refractivity contribution is 0.550. The molecule has 1 nitrogen and oxygen atoms in total. The fraction of sp³-hybridized carbons (Fsp3) is 0.130. The summed E-state index contributed by atoms with van der Waals surface area (Å²) in [7, 11) is 0. The normalized spacial score (nSPS) is 15.7. The molecular formula is C69H53N. The molecule has 0 aliphatic heterocycles. The summed E-state index contributed by atoms with van der Waals surface area (Å²) in [4.78, 5) is 2.58. The fourth-order valence-corrected chi connectivity index (χ4v) is 14.0. The van der Waals surface area contributed by atoms with E-state index in [1.807, 2.05) is 0 Å². The Balaban J connectivity index is 0.978. The molecule has 0 radical (unpaired) electrons. The molecule has 4 aliphatic rings. The maximum absolute atomic E-state index is 2.58. The largest absolute Gasteiger partial charge is 0.310 e. The van der Waals surface area contributed by atoms with Crippen molar-refractivity contribution >= 4 is 17.1 Å². The lowest BCUT2D eigenvalue weighted by atomic mass is 9.68. The van der Waals surface area contributed by atoms with Crippen LogP contribution < -0.4 is 4.90 Å². The van der Waals surface area contributed by atoms with E-state index in [0.717, 1.165) is 5.69 Å². The number of anilines is 3. The zero-order chi connectivity index (χ0) is 46.6. The summed E-state index contributed by atoms with van der Waals surface area (Å²) in [6.45, 7) is 4.78. The maximum atomic E-state index is 2.58. The van der Waals surface area contributed by atoms with Crippen LogP contribution in [0, 0.1) is 0 Å². The topological polar surface area (TPSA) is 3.24 Å². The van der Waals surface area contributed by atoms with Gasteiger partial charge in [-0.25, -0.2) is 0 Å². The first-order chi connectivity index (χ1) is 34.5. The van der Waals surface area contributed by atoms with E-state index in [4.69, 9.17) is 0 Å². The Labute approximate surface area is 412 Å². The van der Waals surface area contributed by atoms with Crippen LogP contribution in [0.4, 0.5) is 17.1 Å². The van der Waals surface area contributed by atoms with Crippen LogP contribution in [0.5, 0.6) is 0 Å². The number of fused-ring (bicyclic) bond motifs is 11. The molecular weight excluding hydrogens is 843 g/mol. The second kappa shape index (κ2) is 15.5. The van der Waals surface area contributed by atoms with Crippen molar-refractivity contribution in [3.05, 3.63) is 281 Å². The van der Waals surface area contributed by atoms with E-state index in [-0.39, 0.29) is 10.8 Å². The van der Waals surface area contributed by atoms with Crippen molar-refractivity contribution in [2.75, 3.05) is 4.90 Å². The molecule has 10 aromatic rings. The first kappa shape index (κ1) is 41.0. The highest BCUT2D eigenvalue weighted by Gasteiger charge is 2.48. The van der Waals surface area contributed by atoms with E-state index >= 15 is 0 Å². The molecule has 0 saturated heterocycles. The number of benzene rings is 10. The first-order valence-electron chi connectivity index (χ1n) is 25.3. The van der Waals surface area contributed by atoms with Crippen LogP contribution in [0.2, 0.25) is 0 Å². The molecule has 0 bridgehead atoms. The van der Waals surface area contributed by atoms with Crippen molar-refractivity contribution in [2.24, 2.45) is 0 Å². The number of rotatable bonds is 7. The summed E-state index contributed by atoms with van der Waals surface area (Å²) in [6.07, 6.45) is 4.89. The van der Waals surface area contributed by atoms with E-state index in [0.29, 0.717) is 0 Å². The highest BCUT2D eigenvalue weighted by atomic mass is 15.1. The summed E-state index contributed by atoms with van der Waals surface area (Å²) in [5, 5.41) is 0. The van der Waals surface area contributed by atoms with Gasteiger partial charge in [-0.05, 0) is 138 Å². The van der Waals surface area contributed by atoms with Crippen LogP contribution in [0.25, 0.3) is 55.6 Å². The van der Waals surface area contributed by atoms with Gasteiger partial charge in [0, 0.05) is 27.8 Å². The van der Waals surface area contributed by atoms with Crippen LogP contribution in [0.15, 0.2) is 237 Å². The molecule has 0 amide bonds. The van der Waals surface area contributed by atoms with E-state index < -0.39 is 5.41 Å². The molecule has 1 saturated carbocycles. The van der Waals surface area contributed by atoms with Gasteiger partial charge in [0.1, 0.15) is 0 Å². The van der Waals surface area contributed by atoms with Crippen molar-refractivity contribution in [3.63, 3.8) is 0 Å². The highest BCUT2D eigenvalue weighted by Crippen LogP contribution is 2.62. The molecule has 334 valence electrons. The monoisotopic (exact) mass is 895 g/mol. The molecule has 0 N–H and O–H groups in total. The number of nitrogens with zero attached hydrogens (tertiary/aromatic N) is 1. The molecule has 0 heterocycles. The van der Waals surface area contributed by atoms with E-state index in [1.54, 1.807) is 0 Å². The summed E-state index contributed by atoms with van der Waals surface area (Å²) >= 11 is 0. The third-order valence-corrected chi connectivity index (χ3v) is 16.9. The smallest absolute Gasteiger partial charge is 0.0714 e. The summed E-state index contributed by atoms with van der Waals surface area (Å²) in [6, 6.07) is 89.6. The van der Waals surface area contributed by atoms with Crippen molar-refractivity contribution in [1.29, 1.82) is 0 Å². The van der Waals surface area contributed by atoms with Crippen LogP contribution >= 0.6 is 0 Å². The van der Waals surface area contributed by atoms with Crippen LogP contribution in [0.3, 0.4) is 0 Å². The van der Waals surface area contributed by atoms with Gasteiger partial charge in [-0.1, -0.05) is 233 Å². The first-order valence-corrected chi connectivity index (χ1v) is 25.3. The van der Waals surface area contributed by atoms with E-state index in [2.05, 4.69) is 255 Å². The average molecular weight is 896 g/mol. The molecule has 70 heavy (non-hydrogen) atoms. The van der Waals surface area contributed by atoms with E-state index in [1.165, 1.54) is 137 Å². The van der Waals surface area contributed by atoms with E-state index in [9.17, 15) is 0 Å². The SMILES string of the molecule is CC1(C)c2ccccc2-c2cccc(-c3ccccc3-c3ccc(N(c4ccc5c(c4)C4(CCCC4)c4ccccc4-5)c4cccc5c4-c4ccccc4C5(c4ccccc4)c4ccccc4)cc3)c21. The molecule has 14 rings (SSSR count). The third kappa shape index (κ3) is 5.67. The van der Waals surface area contributed by atoms with Crippen LogP contribution in [0.1, 0.15) is 84.0 Å². The zero-order valence-electron chi connectivity index (χ0n) is 39.8. The van der Waals surface area contributed by atoms with Gasteiger partial charge in [0.2, 0.25) is 0 Å². The lowest BCUT2D eigenvalue weighted by Crippen LogP contribution is -2.28. The molecule has 10 aromatic carbocycles. The summed E-state index contributed by atoms with van der Waals surface area (Å²) in [5.41, 5.74) is 26.9. The minimum Gasteiger partial charge on any atom is -0.310 e. The average Bonchev–Trinajstić information content (AvgIpc) is 4.17. The van der Waals surface area contributed by atoms with Crippen molar-refractivity contribution in [2.45, 2.75) is 55.8 Å². The van der Waals surface area contributed by atoms with Gasteiger partial charge in [-0.2, -0.15) is 0 Å². The Hall–Kier alpha value is -8.00. The predicted molar refractivity (Wildman–Crippen MR) is 292 cm³/mol. The Bertz CT molecular complexity index is 3640. The number of hydrogen-bond donors (Lipinski definition) is 0. The van der Waals surface area contributed by atoms with Gasteiger partial charge in [-0.15, -0.1) is 0 Å². The Morgan fingerprint density at radius 2 is 0.829 bits per heavy atom. The summed E-state index contributed by atoms with van der Waals surface area (Å²) < 4.78 is 0. The maximum Gasteiger partial charge on any atom is 0.0714 e. The Kier molecular flexibility index (Phi) is 9.09. The minimum atomic E-state index is -0.509.